The summed E-state index contributed by atoms with van der Waals surface area (Å²) in [6, 6.07) is 0. The normalized spacial score (nSPS) is 19.8. The molecule has 1 rings (SSSR count). The first-order valence-corrected chi connectivity index (χ1v) is 6.07. The number of hydrogen-bond donors (Lipinski definition) is 0. The molecule has 0 saturated heterocycles. The van der Waals surface area contributed by atoms with E-state index in [1.54, 1.807) is 0 Å². The third-order valence-electron chi connectivity index (χ3n) is 3.82. The highest BCUT2D eigenvalue weighted by Gasteiger charge is 2.44. The molecule has 0 N–H and O–H groups in total. The molecule has 13 heavy (non-hydrogen) atoms. The fourth-order valence-electron chi connectivity index (χ4n) is 2.31. The van der Waals surface area contributed by atoms with Crippen LogP contribution in [0.25, 0.3) is 0 Å². The van der Waals surface area contributed by atoms with Crippen LogP contribution < -0.4 is 0 Å². The second-order valence-electron chi connectivity index (χ2n) is 5.66. The Balaban J connectivity index is 2.06. The van der Waals surface area contributed by atoms with Crippen LogP contribution in [0.2, 0.25) is 0 Å². The summed E-state index contributed by atoms with van der Waals surface area (Å²) in [4.78, 5) is 0. The zero-order valence-corrected chi connectivity index (χ0v) is 9.90. The minimum atomic E-state index is 0.789. The third-order valence-corrected chi connectivity index (χ3v) is 3.82. The molecule has 0 unspecified atom stereocenters. The molecule has 0 aromatic heterocycles. The monoisotopic (exact) mass is 182 g/mol. The van der Waals surface area contributed by atoms with Crippen molar-refractivity contribution in [1.82, 2.24) is 0 Å². The zero-order chi connectivity index (χ0) is 9.90. The summed E-state index contributed by atoms with van der Waals surface area (Å²) >= 11 is 0. The van der Waals surface area contributed by atoms with Gasteiger partial charge < -0.3 is 0 Å². The molecule has 0 heteroatoms. The minimum Gasteiger partial charge on any atom is -0.0628 e. The summed E-state index contributed by atoms with van der Waals surface area (Å²) in [5.41, 5.74) is 0.789. The van der Waals surface area contributed by atoms with Gasteiger partial charge in [0.15, 0.2) is 0 Å². The van der Waals surface area contributed by atoms with E-state index in [1.807, 2.05) is 0 Å². The number of unbranched alkanes of at least 4 members (excludes halogenated alkanes) is 1. The van der Waals surface area contributed by atoms with E-state index < -0.39 is 0 Å². The van der Waals surface area contributed by atoms with Crippen LogP contribution in [-0.2, 0) is 0 Å². The van der Waals surface area contributed by atoms with Gasteiger partial charge in [0.25, 0.3) is 0 Å². The van der Waals surface area contributed by atoms with E-state index in [9.17, 15) is 0 Å². The van der Waals surface area contributed by atoms with Crippen molar-refractivity contribution in [3.05, 3.63) is 0 Å². The summed E-state index contributed by atoms with van der Waals surface area (Å²) in [7, 11) is 0. The molecule has 0 nitrogen and oxygen atoms in total. The van der Waals surface area contributed by atoms with E-state index in [-0.39, 0.29) is 0 Å². The SMILES string of the molecule is CC(C)CCCCC1(C(C)C)CC1. The van der Waals surface area contributed by atoms with E-state index in [0.29, 0.717) is 0 Å². The standard InChI is InChI=1S/C13H26/c1-11(2)7-5-6-8-13(9-10-13)12(3)4/h11-12H,5-10H2,1-4H3. The number of hydrogen-bond acceptors (Lipinski definition) is 0. The van der Waals surface area contributed by atoms with Crippen molar-refractivity contribution < 1.29 is 0 Å². The Labute approximate surface area is 84.1 Å². The maximum atomic E-state index is 2.40. The maximum absolute atomic E-state index is 2.40. The lowest BCUT2D eigenvalue weighted by atomic mass is 9.86. The van der Waals surface area contributed by atoms with Gasteiger partial charge in [0, 0.05) is 0 Å². The highest BCUT2D eigenvalue weighted by Crippen LogP contribution is 2.55. The Hall–Kier alpha value is 0. The number of rotatable bonds is 6. The van der Waals surface area contributed by atoms with Gasteiger partial charge >= 0.3 is 0 Å². The van der Waals surface area contributed by atoms with Crippen LogP contribution >= 0.6 is 0 Å². The molecule has 0 aliphatic heterocycles. The molecule has 0 bridgehead atoms. The summed E-state index contributed by atoms with van der Waals surface area (Å²) in [6.45, 7) is 9.45. The molecule has 0 amide bonds. The van der Waals surface area contributed by atoms with E-state index in [2.05, 4.69) is 27.7 Å². The topological polar surface area (TPSA) is 0 Å². The van der Waals surface area contributed by atoms with E-state index in [4.69, 9.17) is 0 Å². The van der Waals surface area contributed by atoms with Crippen LogP contribution in [0.5, 0.6) is 0 Å². The van der Waals surface area contributed by atoms with E-state index in [1.165, 1.54) is 38.5 Å². The van der Waals surface area contributed by atoms with Crippen LogP contribution in [0.4, 0.5) is 0 Å². The van der Waals surface area contributed by atoms with Crippen LogP contribution in [0, 0.1) is 17.3 Å². The van der Waals surface area contributed by atoms with Crippen molar-refractivity contribution in [3.63, 3.8) is 0 Å². The first-order chi connectivity index (χ1) is 6.07. The van der Waals surface area contributed by atoms with Gasteiger partial charge in [-0.2, -0.15) is 0 Å². The molecule has 1 saturated carbocycles. The van der Waals surface area contributed by atoms with E-state index in [0.717, 1.165) is 17.3 Å². The molecule has 0 atom stereocenters. The molecule has 0 spiro atoms. The fourth-order valence-corrected chi connectivity index (χ4v) is 2.31. The van der Waals surface area contributed by atoms with E-state index >= 15 is 0 Å². The fraction of sp³-hybridized carbons (Fsp3) is 1.00. The molecular weight excluding hydrogens is 156 g/mol. The molecule has 1 aliphatic carbocycles. The molecule has 1 fully saturated rings. The predicted molar refractivity (Wildman–Crippen MR) is 59.8 cm³/mol. The summed E-state index contributed by atoms with van der Waals surface area (Å²) in [5.74, 6) is 1.82. The molecule has 0 aromatic carbocycles. The van der Waals surface area contributed by atoms with Gasteiger partial charge in [-0.25, -0.2) is 0 Å². The van der Waals surface area contributed by atoms with Crippen molar-refractivity contribution in [2.45, 2.75) is 66.2 Å². The highest BCUT2D eigenvalue weighted by atomic mass is 14.5. The highest BCUT2D eigenvalue weighted by molar-refractivity contribution is 4.94. The van der Waals surface area contributed by atoms with Crippen LogP contribution in [0.3, 0.4) is 0 Å². The van der Waals surface area contributed by atoms with Crippen molar-refractivity contribution in [2.24, 2.45) is 17.3 Å². The van der Waals surface area contributed by atoms with Crippen molar-refractivity contribution in [1.29, 1.82) is 0 Å². The van der Waals surface area contributed by atoms with Gasteiger partial charge in [0.1, 0.15) is 0 Å². The summed E-state index contributed by atoms with van der Waals surface area (Å²) in [6.07, 6.45) is 8.85. The Morgan fingerprint density at radius 3 is 2.00 bits per heavy atom. The van der Waals surface area contributed by atoms with Crippen molar-refractivity contribution >= 4 is 0 Å². The van der Waals surface area contributed by atoms with Crippen molar-refractivity contribution in [2.75, 3.05) is 0 Å². The molecule has 0 heterocycles. The Kier molecular flexibility index (Phi) is 3.82. The molecular formula is C13H26. The summed E-state index contributed by atoms with van der Waals surface area (Å²) < 4.78 is 0. The molecule has 78 valence electrons. The molecule has 0 aromatic rings. The Morgan fingerprint density at radius 1 is 1.00 bits per heavy atom. The van der Waals surface area contributed by atoms with Gasteiger partial charge in [-0.1, -0.05) is 47.0 Å². The minimum absolute atomic E-state index is 0.789. The van der Waals surface area contributed by atoms with Gasteiger partial charge in [-0.15, -0.1) is 0 Å². The summed E-state index contributed by atoms with van der Waals surface area (Å²) in [5, 5.41) is 0. The average molecular weight is 182 g/mol. The van der Waals surface area contributed by atoms with Gasteiger partial charge in [-0.3, -0.25) is 0 Å². The zero-order valence-electron chi connectivity index (χ0n) is 9.90. The van der Waals surface area contributed by atoms with Crippen LogP contribution in [0.1, 0.15) is 66.2 Å². The largest absolute Gasteiger partial charge is 0.0628 e. The smallest absolute Gasteiger partial charge is 0.0274 e. The lowest BCUT2D eigenvalue weighted by Crippen LogP contribution is -2.09. The van der Waals surface area contributed by atoms with Crippen molar-refractivity contribution in [3.8, 4) is 0 Å². The van der Waals surface area contributed by atoms with Gasteiger partial charge in [0.05, 0.1) is 0 Å². The molecule has 1 aliphatic rings. The lowest BCUT2D eigenvalue weighted by molar-refractivity contribution is 0.317. The predicted octanol–water partition coefficient (Wildman–Crippen LogP) is 4.64. The quantitative estimate of drug-likeness (QED) is 0.525. The van der Waals surface area contributed by atoms with Gasteiger partial charge in [-0.05, 0) is 36.5 Å². The van der Waals surface area contributed by atoms with Gasteiger partial charge in [0.2, 0.25) is 0 Å². The van der Waals surface area contributed by atoms with Crippen LogP contribution in [-0.4, -0.2) is 0 Å². The van der Waals surface area contributed by atoms with Crippen LogP contribution in [0.15, 0.2) is 0 Å². The third kappa shape index (κ3) is 3.32. The Morgan fingerprint density at radius 2 is 1.62 bits per heavy atom. The second-order valence-corrected chi connectivity index (χ2v) is 5.66. The first kappa shape index (κ1) is 11.1. The average Bonchev–Trinajstić information content (AvgIpc) is 2.78. The molecule has 0 radical (unpaired) electrons. The lowest BCUT2D eigenvalue weighted by Gasteiger charge is -2.19. The second kappa shape index (κ2) is 4.48. The maximum Gasteiger partial charge on any atom is -0.0274 e. The first-order valence-electron chi connectivity index (χ1n) is 6.07. The Bertz CT molecular complexity index is 140.